The van der Waals surface area contributed by atoms with Gasteiger partial charge in [0.2, 0.25) is 0 Å². The van der Waals surface area contributed by atoms with E-state index in [1.807, 2.05) is 0 Å². The second-order valence-corrected chi connectivity index (χ2v) is 8.82. The Morgan fingerprint density at radius 2 is 1.96 bits per heavy atom. The molecule has 0 aliphatic heterocycles. The number of benzene rings is 1. The molecular formula is C23H31ClO4. The van der Waals surface area contributed by atoms with Crippen molar-refractivity contribution in [1.82, 2.24) is 0 Å². The zero-order valence-electron chi connectivity index (χ0n) is 17.2. The van der Waals surface area contributed by atoms with Crippen LogP contribution in [0.25, 0.3) is 0 Å². The molecule has 154 valence electrons. The largest absolute Gasteiger partial charge is 0.507 e. The molecule has 5 heteroatoms. The summed E-state index contributed by atoms with van der Waals surface area (Å²) in [6.07, 6.45) is 6.07. The molecule has 1 aliphatic rings. The molecule has 1 aromatic rings. The monoisotopic (exact) mass is 406 g/mol. The predicted octanol–water partition coefficient (Wildman–Crippen LogP) is 5.49. The Morgan fingerprint density at radius 1 is 1.32 bits per heavy atom. The molecule has 3 unspecified atom stereocenters. The third-order valence-corrected chi connectivity index (χ3v) is 6.56. The van der Waals surface area contributed by atoms with Gasteiger partial charge in [-0.2, -0.15) is 0 Å². The normalized spacial score (nSPS) is 24.2. The average molecular weight is 407 g/mol. The molecule has 0 bridgehead atoms. The van der Waals surface area contributed by atoms with E-state index in [1.165, 1.54) is 5.57 Å². The lowest BCUT2D eigenvalue weighted by molar-refractivity contribution is 0.0134. The van der Waals surface area contributed by atoms with E-state index in [9.17, 15) is 20.1 Å². The Kier molecular flexibility index (Phi) is 7.00. The van der Waals surface area contributed by atoms with Gasteiger partial charge in [-0.3, -0.25) is 4.79 Å². The summed E-state index contributed by atoms with van der Waals surface area (Å²) in [6, 6.07) is 0. The maximum absolute atomic E-state index is 11.4. The van der Waals surface area contributed by atoms with Crippen LogP contribution in [0.1, 0.15) is 67.9 Å². The fourth-order valence-electron chi connectivity index (χ4n) is 4.29. The van der Waals surface area contributed by atoms with Gasteiger partial charge >= 0.3 is 0 Å². The van der Waals surface area contributed by atoms with Crippen molar-refractivity contribution in [3.8, 4) is 11.5 Å². The van der Waals surface area contributed by atoms with Crippen molar-refractivity contribution in [2.45, 2.75) is 65.4 Å². The van der Waals surface area contributed by atoms with E-state index >= 15 is 0 Å². The van der Waals surface area contributed by atoms with Gasteiger partial charge < -0.3 is 15.3 Å². The van der Waals surface area contributed by atoms with Crippen molar-refractivity contribution < 1.29 is 20.1 Å². The van der Waals surface area contributed by atoms with Gasteiger partial charge in [0.25, 0.3) is 0 Å². The summed E-state index contributed by atoms with van der Waals surface area (Å²) in [5.41, 5.74) is 2.00. The van der Waals surface area contributed by atoms with Gasteiger partial charge in [-0.25, -0.2) is 0 Å². The van der Waals surface area contributed by atoms with E-state index in [2.05, 4.69) is 26.5 Å². The minimum atomic E-state index is -0.957. The van der Waals surface area contributed by atoms with Gasteiger partial charge in [0.05, 0.1) is 16.2 Å². The van der Waals surface area contributed by atoms with Gasteiger partial charge in [0, 0.05) is 5.56 Å². The molecule has 0 radical (unpaired) electrons. The van der Waals surface area contributed by atoms with E-state index in [0.717, 1.165) is 24.8 Å². The van der Waals surface area contributed by atoms with Crippen LogP contribution < -0.4 is 0 Å². The minimum Gasteiger partial charge on any atom is -0.507 e. The first kappa shape index (κ1) is 22.5. The summed E-state index contributed by atoms with van der Waals surface area (Å²) in [5.74, 6) is -0.647. The average Bonchev–Trinajstić information content (AvgIpc) is 2.91. The number of hydrogen-bond donors (Lipinski definition) is 3. The van der Waals surface area contributed by atoms with Crippen LogP contribution in [0.4, 0.5) is 0 Å². The summed E-state index contributed by atoms with van der Waals surface area (Å²) in [5, 5.41) is 32.1. The van der Waals surface area contributed by atoms with Gasteiger partial charge in [0.1, 0.15) is 11.5 Å². The van der Waals surface area contributed by atoms with Crippen LogP contribution in [-0.2, 0) is 6.42 Å². The highest BCUT2D eigenvalue weighted by molar-refractivity contribution is 6.33. The predicted molar refractivity (Wildman–Crippen MR) is 113 cm³/mol. The SMILES string of the molecule is C=C(CCC=C(C)C)C1CCC(C)(O)C1Cc1c(O)c(Cl)c(C)c(C=O)c1O. The molecule has 1 aromatic carbocycles. The van der Waals surface area contributed by atoms with Crippen molar-refractivity contribution in [3.63, 3.8) is 0 Å². The number of allylic oxidation sites excluding steroid dienone is 3. The highest BCUT2D eigenvalue weighted by atomic mass is 35.5. The van der Waals surface area contributed by atoms with Crippen molar-refractivity contribution in [2.24, 2.45) is 11.8 Å². The first-order chi connectivity index (χ1) is 13.0. The zero-order valence-corrected chi connectivity index (χ0v) is 17.9. The third-order valence-electron chi connectivity index (χ3n) is 6.10. The van der Waals surface area contributed by atoms with Crippen molar-refractivity contribution in [1.29, 1.82) is 0 Å². The Morgan fingerprint density at radius 3 is 2.54 bits per heavy atom. The van der Waals surface area contributed by atoms with Crippen LogP contribution in [-0.4, -0.2) is 27.2 Å². The van der Waals surface area contributed by atoms with E-state index in [1.54, 1.807) is 13.8 Å². The minimum absolute atomic E-state index is 0.0616. The number of aliphatic hydroxyl groups is 1. The number of aromatic hydroxyl groups is 2. The van der Waals surface area contributed by atoms with Gasteiger partial charge in [-0.1, -0.05) is 35.4 Å². The molecule has 1 aliphatic carbocycles. The summed E-state index contributed by atoms with van der Waals surface area (Å²) < 4.78 is 0. The van der Waals surface area contributed by atoms with Gasteiger partial charge in [-0.05, 0) is 77.2 Å². The van der Waals surface area contributed by atoms with Gasteiger partial charge in [-0.15, -0.1) is 0 Å². The smallest absolute Gasteiger partial charge is 0.154 e. The van der Waals surface area contributed by atoms with Crippen molar-refractivity contribution in [2.75, 3.05) is 0 Å². The van der Waals surface area contributed by atoms with Crippen LogP contribution in [0.5, 0.6) is 11.5 Å². The first-order valence-electron chi connectivity index (χ1n) is 9.72. The summed E-state index contributed by atoms with van der Waals surface area (Å²) >= 11 is 6.19. The molecule has 0 saturated heterocycles. The van der Waals surface area contributed by atoms with Crippen molar-refractivity contribution in [3.05, 3.63) is 45.5 Å². The highest BCUT2D eigenvalue weighted by Gasteiger charge is 2.45. The molecular weight excluding hydrogens is 376 g/mol. The molecule has 0 amide bonds. The molecule has 2 rings (SSSR count). The lowest BCUT2D eigenvalue weighted by Crippen LogP contribution is -2.34. The number of aldehydes is 1. The number of rotatable bonds is 7. The number of phenols is 2. The molecule has 3 N–H and O–H groups in total. The van der Waals surface area contributed by atoms with Crippen LogP contribution >= 0.6 is 11.6 Å². The molecule has 0 aromatic heterocycles. The van der Waals surface area contributed by atoms with Crippen molar-refractivity contribution >= 4 is 17.9 Å². The van der Waals surface area contributed by atoms with E-state index in [0.29, 0.717) is 18.3 Å². The maximum Gasteiger partial charge on any atom is 0.154 e. The fraction of sp³-hybridized carbons (Fsp3) is 0.522. The lowest BCUT2D eigenvalue weighted by Gasteiger charge is -2.31. The standard InChI is InChI=1S/C23H31ClO4/c1-13(2)7-6-8-14(3)16-9-10-23(5,28)19(16)11-17-21(26)18(12-25)15(4)20(24)22(17)27/h7,12,16,19,26-28H,3,6,8-11H2,1-2,4-5H3. The van der Waals surface area contributed by atoms with E-state index in [4.69, 9.17) is 11.6 Å². The molecule has 1 saturated carbocycles. The summed E-state index contributed by atoms with van der Waals surface area (Å²) in [4.78, 5) is 11.4. The quantitative estimate of drug-likeness (QED) is 0.413. The van der Waals surface area contributed by atoms with Gasteiger partial charge in [0.15, 0.2) is 6.29 Å². The fourth-order valence-corrected chi connectivity index (χ4v) is 4.50. The van der Waals surface area contributed by atoms with E-state index < -0.39 is 5.60 Å². The number of phenolic OH excluding ortho intramolecular Hbond substituents is 2. The van der Waals surface area contributed by atoms with Crippen LogP contribution in [0, 0.1) is 18.8 Å². The molecule has 3 atom stereocenters. The Hall–Kier alpha value is -1.78. The summed E-state index contributed by atoms with van der Waals surface area (Å²) in [7, 11) is 0. The molecule has 0 heterocycles. The summed E-state index contributed by atoms with van der Waals surface area (Å²) in [6.45, 7) is 11.7. The molecule has 28 heavy (non-hydrogen) atoms. The number of carbonyl (C=O) groups excluding carboxylic acids is 1. The first-order valence-corrected chi connectivity index (χ1v) is 10.1. The number of halogens is 1. The van der Waals surface area contributed by atoms with Crippen LogP contribution in [0.2, 0.25) is 5.02 Å². The zero-order chi connectivity index (χ0) is 21.2. The van der Waals surface area contributed by atoms with Crippen LogP contribution in [0.15, 0.2) is 23.8 Å². The second-order valence-electron chi connectivity index (χ2n) is 8.44. The Bertz CT molecular complexity index is 804. The maximum atomic E-state index is 11.4. The lowest BCUT2D eigenvalue weighted by atomic mass is 9.77. The number of hydrogen-bond acceptors (Lipinski definition) is 4. The number of carbonyl (C=O) groups is 1. The van der Waals surface area contributed by atoms with Crippen LogP contribution in [0.3, 0.4) is 0 Å². The highest BCUT2D eigenvalue weighted by Crippen LogP contribution is 2.49. The molecule has 0 spiro atoms. The Balaban J connectivity index is 2.36. The van der Waals surface area contributed by atoms with E-state index in [-0.39, 0.29) is 45.9 Å². The Labute approximate surface area is 172 Å². The molecule has 4 nitrogen and oxygen atoms in total. The topological polar surface area (TPSA) is 77.8 Å². The second kappa shape index (κ2) is 8.71. The third kappa shape index (κ3) is 4.44. The molecule has 1 fully saturated rings.